The number of piperazine rings is 1. The molecule has 2 aromatic carbocycles. The quantitative estimate of drug-likeness (QED) is 0.0632. The summed E-state index contributed by atoms with van der Waals surface area (Å²) in [6, 6.07) is 23.0. The second-order valence-corrected chi connectivity index (χ2v) is 24.1. The molecule has 5 aliphatic rings. The lowest BCUT2D eigenvalue weighted by Crippen LogP contribution is -2.54. The molecule has 0 radical (unpaired) electrons. The summed E-state index contributed by atoms with van der Waals surface area (Å²) in [5.74, 6) is 2.04. The molecule has 1 saturated carbocycles. The standard InChI is InChI=1S/C60H75N11O7S/c1-34(2)56(60(75)70-32-46(72)26-51(70)59(74)64-36(4)41-11-13-42(14-12-41)57-37(5)63-33-79-57)53-28-55(67-78-53)76-22-19-40-18-21-68(38(6)35(40)3)29-39-23-47(24-39)77-54-25-43(17-20-62-54)71-44-15-16-45(71)31-69(30-44)50-27-49(65-66-58(50)61)48-9-7-8-10-52(48)73/h7-14,17,20,25,27-28,33-36,38-40,44-47,51,56,72-73H,15-16,18-19,21-24,26,29-32H2,1-6H3,(H2,61,66)(H,64,74)/t35-,36-,38+,39?,40-,44?,45?,46+,47?,51-,56+/m0/s1. The van der Waals surface area contributed by atoms with Gasteiger partial charge in [0.1, 0.15) is 23.8 Å². The van der Waals surface area contributed by atoms with Gasteiger partial charge >= 0.3 is 0 Å². The molecule has 0 spiro atoms. The van der Waals surface area contributed by atoms with Crippen LogP contribution in [0, 0.1) is 30.6 Å². The molecule has 8 heterocycles. The van der Waals surface area contributed by atoms with Gasteiger partial charge in [-0.25, -0.2) is 9.97 Å². The van der Waals surface area contributed by atoms with E-state index in [-0.39, 0.29) is 48.6 Å². The third-order valence-corrected chi connectivity index (χ3v) is 18.8. The largest absolute Gasteiger partial charge is 0.507 e. The van der Waals surface area contributed by atoms with Crippen molar-refractivity contribution in [1.29, 1.82) is 0 Å². The van der Waals surface area contributed by atoms with Crippen LogP contribution in [-0.2, 0) is 9.59 Å². The SMILES string of the molecule is Cc1ncsc1-c1ccc([C@H](C)NC(=O)[C@@H]2C[C@@H](O)CN2C(=O)[C@@H](c2cc(OCC[C@@H]3CCN(CC4CC(Oc5cc(N6C7CCC6CN(c6cc(-c8ccccc8O)nnc6N)C7)ccn5)C4)[C@H](C)[C@@H]3C)no2)C(C)C)cc1. The number of aryl methyl sites for hydroxylation is 1. The number of amides is 2. The van der Waals surface area contributed by atoms with Gasteiger partial charge in [-0.15, -0.1) is 21.5 Å². The lowest BCUT2D eigenvalue weighted by atomic mass is 9.77. The van der Waals surface area contributed by atoms with E-state index in [4.69, 9.17) is 19.7 Å². The second kappa shape index (κ2) is 23.1. The first kappa shape index (κ1) is 54.1. The number of nitrogens with two attached hydrogens (primary N) is 1. The van der Waals surface area contributed by atoms with Crippen molar-refractivity contribution in [2.45, 2.75) is 135 Å². The van der Waals surface area contributed by atoms with E-state index in [2.05, 4.69) is 71.3 Å². The number of thiazole rings is 1. The van der Waals surface area contributed by atoms with Crippen LogP contribution in [0.4, 0.5) is 17.2 Å². The predicted molar refractivity (Wildman–Crippen MR) is 304 cm³/mol. The molecule has 9 atom stereocenters. The summed E-state index contributed by atoms with van der Waals surface area (Å²) in [5.41, 5.74) is 14.5. The van der Waals surface area contributed by atoms with Crippen molar-refractivity contribution in [3.05, 3.63) is 102 Å². The highest BCUT2D eigenvalue weighted by Gasteiger charge is 2.45. The van der Waals surface area contributed by atoms with Gasteiger partial charge in [-0.05, 0) is 130 Å². The zero-order chi connectivity index (χ0) is 55.1. The highest BCUT2D eigenvalue weighted by molar-refractivity contribution is 7.13. The van der Waals surface area contributed by atoms with E-state index < -0.39 is 18.1 Å². The van der Waals surface area contributed by atoms with Gasteiger partial charge in [0.15, 0.2) is 11.6 Å². The maximum absolute atomic E-state index is 14.3. The number of hydrogen-bond donors (Lipinski definition) is 4. The van der Waals surface area contributed by atoms with E-state index >= 15 is 0 Å². The van der Waals surface area contributed by atoms with Gasteiger partial charge in [0.05, 0.1) is 46.2 Å². The Bertz CT molecular complexity index is 3080. The number of nitrogens with zero attached hydrogens (tertiary/aromatic N) is 9. The number of aromatic hydroxyl groups is 1. The molecule has 2 bridgehead atoms. The van der Waals surface area contributed by atoms with E-state index in [1.54, 1.807) is 29.5 Å². The first-order chi connectivity index (χ1) is 38.1. The number of aliphatic hydroxyl groups excluding tert-OH is 1. The summed E-state index contributed by atoms with van der Waals surface area (Å²) in [4.78, 5) is 47.3. The van der Waals surface area contributed by atoms with Gasteiger partial charge in [-0.3, -0.25) is 9.59 Å². The van der Waals surface area contributed by atoms with Crippen LogP contribution >= 0.6 is 11.3 Å². The number of carbonyl (C=O) groups is 2. The van der Waals surface area contributed by atoms with Crippen molar-refractivity contribution in [2.75, 3.05) is 54.9 Å². The molecule has 18 nitrogen and oxygen atoms in total. The Labute approximate surface area is 466 Å². The number of phenolic OH excluding ortho intramolecular Hbond substituents is 1. The second-order valence-electron chi connectivity index (χ2n) is 23.2. The number of pyridine rings is 1. The fourth-order valence-corrected chi connectivity index (χ4v) is 14.0. The maximum atomic E-state index is 14.3. The van der Waals surface area contributed by atoms with Crippen molar-refractivity contribution < 1.29 is 33.8 Å². The molecule has 6 aromatic rings. The third kappa shape index (κ3) is 11.5. The zero-order valence-electron chi connectivity index (χ0n) is 46.1. The molecule has 2 amide bonds. The third-order valence-electron chi connectivity index (χ3n) is 17.8. The normalized spacial score (nSPS) is 25.8. The summed E-state index contributed by atoms with van der Waals surface area (Å²) < 4.78 is 18.5. The van der Waals surface area contributed by atoms with E-state index in [1.807, 2.05) is 81.9 Å². The Hall–Kier alpha value is -6.83. The highest BCUT2D eigenvalue weighted by atomic mass is 32.1. The number of phenols is 1. The van der Waals surface area contributed by atoms with E-state index in [9.17, 15) is 19.8 Å². The van der Waals surface area contributed by atoms with E-state index in [0.717, 1.165) is 97.8 Å². The number of fused-ring (bicyclic) bond motifs is 2. The summed E-state index contributed by atoms with van der Waals surface area (Å²) in [6.45, 7) is 16.8. The predicted octanol–water partition coefficient (Wildman–Crippen LogP) is 8.66. The molecule has 4 aliphatic heterocycles. The number of para-hydroxylation sites is 1. The minimum atomic E-state index is -0.824. The molecule has 79 heavy (non-hydrogen) atoms. The van der Waals surface area contributed by atoms with Crippen LogP contribution in [0.5, 0.6) is 17.5 Å². The van der Waals surface area contributed by atoms with Crippen LogP contribution in [0.15, 0.2) is 89.0 Å². The number of nitrogen functional groups attached to an aromatic ring is 1. The molecule has 5 fully saturated rings. The summed E-state index contributed by atoms with van der Waals surface area (Å²) in [7, 11) is 0. The van der Waals surface area contributed by atoms with Gasteiger partial charge in [-0.2, -0.15) is 0 Å². The first-order valence-corrected chi connectivity index (χ1v) is 29.2. The molecule has 4 aromatic heterocycles. The fraction of sp³-hybridized carbons (Fsp3) is 0.517. The number of β-amino-alcohol motifs (C(OH)–C–C–N with tert-alkyl or cyclic N) is 1. The molecule has 418 valence electrons. The number of aliphatic hydroxyl groups is 1. The molecule has 4 saturated heterocycles. The number of anilines is 3. The number of piperidine rings is 1. The van der Waals surface area contributed by atoms with Crippen LogP contribution in [-0.4, -0.2) is 133 Å². The lowest BCUT2D eigenvalue weighted by molar-refractivity contribution is -0.141. The average molecular weight is 1090 g/mol. The van der Waals surface area contributed by atoms with Crippen LogP contribution in [0.2, 0.25) is 0 Å². The van der Waals surface area contributed by atoms with Crippen molar-refractivity contribution >= 4 is 40.3 Å². The summed E-state index contributed by atoms with van der Waals surface area (Å²) in [5, 5.41) is 37.2. The number of likely N-dealkylation sites (tertiary alicyclic amines) is 2. The van der Waals surface area contributed by atoms with Crippen molar-refractivity contribution in [1.82, 2.24) is 40.4 Å². The van der Waals surface area contributed by atoms with Crippen molar-refractivity contribution in [3.8, 4) is 39.2 Å². The Balaban J connectivity index is 0.620. The minimum Gasteiger partial charge on any atom is -0.507 e. The fourth-order valence-electron chi connectivity index (χ4n) is 13.1. The monoisotopic (exact) mass is 1090 g/mol. The molecule has 2 unspecified atom stereocenters. The number of nitrogens with one attached hydrogen (secondary N) is 1. The molecule has 1 aliphatic carbocycles. The molecule has 11 rings (SSSR count). The molecular weight excluding hydrogens is 1020 g/mol. The number of rotatable bonds is 18. The van der Waals surface area contributed by atoms with E-state index in [0.29, 0.717) is 77.1 Å². The number of hydrogen-bond acceptors (Lipinski definition) is 17. The summed E-state index contributed by atoms with van der Waals surface area (Å²) in [6.07, 6.45) is 7.51. The van der Waals surface area contributed by atoms with Gasteiger partial charge in [0, 0.05) is 80.3 Å². The number of carbonyl (C=O) groups excluding carboxylic acids is 2. The maximum Gasteiger partial charge on any atom is 0.254 e. The Morgan fingerprint density at radius 3 is 2.43 bits per heavy atom. The molecular formula is C60H75N11O7S. The minimum absolute atomic E-state index is 0.0605. The number of aromatic nitrogens is 5. The van der Waals surface area contributed by atoms with Crippen molar-refractivity contribution in [3.63, 3.8) is 0 Å². The molecule has 5 N–H and O–H groups in total. The summed E-state index contributed by atoms with van der Waals surface area (Å²) >= 11 is 1.60. The Morgan fingerprint density at radius 1 is 0.924 bits per heavy atom. The van der Waals surface area contributed by atoms with E-state index in [1.165, 1.54) is 4.90 Å². The average Bonchev–Trinajstić information content (AvgIpc) is 4.40. The van der Waals surface area contributed by atoms with Crippen LogP contribution in [0.25, 0.3) is 21.7 Å². The Morgan fingerprint density at radius 2 is 1.70 bits per heavy atom. The topological polar surface area (TPSA) is 222 Å². The smallest absolute Gasteiger partial charge is 0.254 e. The van der Waals surface area contributed by atoms with Gasteiger partial charge in [0.25, 0.3) is 5.88 Å². The lowest BCUT2D eigenvalue weighted by Gasteiger charge is -2.46. The number of ether oxygens (including phenoxy) is 2. The van der Waals surface area contributed by atoms with Crippen LogP contribution < -0.4 is 30.3 Å². The van der Waals surface area contributed by atoms with Gasteiger partial charge in [-0.1, -0.05) is 57.2 Å². The highest BCUT2D eigenvalue weighted by Crippen LogP contribution is 2.42. The van der Waals surface area contributed by atoms with Crippen LogP contribution in [0.1, 0.15) is 109 Å². The number of benzene rings is 2. The zero-order valence-corrected chi connectivity index (χ0v) is 47.0. The van der Waals surface area contributed by atoms with Crippen molar-refractivity contribution in [2.24, 2.45) is 23.7 Å². The Kier molecular flexibility index (Phi) is 15.8. The van der Waals surface area contributed by atoms with Crippen LogP contribution in [0.3, 0.4) is 0 Å². The van der Waals surface area contributed by atoms with Gasteiger partial charge < -0.3 is 54.9 Å². The molecule has 19 heteroatoms. The first-order valence-electron chi connectivity index (χ1n) is 28.4. The van der Waals surface area contributed by atoms with Gasteiger partial charge in [0.2, 0.25) is 17.7 Å².